The van der Waals surface area contributed by atoms with Gasteiger partial charge < -0.3 is 4.42 Å². The highest BCUT2D eigenvalue weighted by atomic mass is 19.4. The lowest BCUT2D eigenvalue weighted by Gasteiger charge is -2.08. The molecule has 0 fully saturated rings. The molecule has 0 saturated carbocycles. The largest absolute Gasteiger partial charge is 0.456 e. The van der Waals surface area contributed by atoms with Crippen molar-refractivity contribution < 1.29 is 17.6 Å². The zero-order valence-corrected chi connectivity index (χ0v) is 14.0. The van der Waals surface area contributed by atoms with Gasteiger partial charge in [0, 0.05) is 10.8 Å². The summed E-state index contributed by atoms with van der Waals surface area (Å²) < 4.78 is 45.0. The zero-order chi connectivity index (χ0) is 18.6. The van der Waals surface area contributed by atoms with E-state index in [-0.39, 0.29) is 0 Å². The molecular formula is C23H13F3O. The van der Waals surface area contributed by atoms with Gasteiger partial charge in [-0.1, -0.05) is 42.5 Å². The number of alkyl halides is 3. The van der Waals surface area contributed by atoms with Gasteiger partial charge in [-0.2, -0.15) is 13.2 Å². The Hall–Kier alpha value is -3.27. The molecule has 0 aliphatic rings. The maximum atomic E-state index is 13.0. The molecule has 0 amide bonds. The quantitative estimate of drug-likeness (QED) is 0.302. The van der Waals surface area contributed by atoms with Crippen molar-refractivity contribution >= 4 is 32.7 Å². The molecule has 0 aliphatic carbocycles. The Bertz CT molecular complexity index is 1310. The standard InChI is InChI=1S/C23H13F3O/c24-23(25,26)18-7-3-6-14(10-18)17-8-9-19-20-11-15-4-1-2-5-16(15)12-22(20)27-21(19)13-17/h1-13H. The maximum Gasteiger partial charge on any atom is 0.416 e. The molecule has 1 aromatic heterocycles. The SMILES string of the molecule is FC(F)(F)c1cccc(-c2ccc3c(c2)oc2cc4ccccc4cc23)c1. The van der Waals surface area contributed by atoms with Crippen LogP contribution in [0.5, 0.6) is 0 Å². The highest BCUT2D eigenvalue weighted by Gasteiger charge is 2.30. The summed E-state index contributed by atoms with van der Waals surface area (Å²) >= 11 is 0. The predicted octanol–water partition coefficient (Wildman–Crippen LogP) is 7.43. The van der Waals surface area contributed by atoms with Crippen molar-refractivity contribution in [1.29, 1.82) is 0 Å². The number of benzene rings is 4. The summed E-state index contributed by atoms with van der Waals surface area (Å²) in [5, 5.41) is 4.16. The fourth-order valence-corrected chi connectivity index (χ4v) is 3.52. The number of fused-ring (bicyclic) bond motifs is 4. The Morgan fingerprint density at radius 1 is 0.593 bits per heavy atom. The van der Waals surface area contributed by atoms with Crippen molar-refractivity contribution in [2.45, 2.75) is 6.18 Å². The maximum absolute atomic E-state index is 13.0. The van der Waals surface area contributed by atoms with Crippen molar-refractivity contribution in [3.05, 3.63) is 84.4 Å². The molecule has 5 aromatic rings. The van der Waals surface area contributed by atoms with Crippen molar-refractivity contribution in [2.75, 3.05) is 0 Å². The van der Waals surface area contributed by atoms with Gasteiger partial charge in [0.05, 0.1) is 5.56 Å². The zero-order valence-electron chi connectivity index (χ0n) is 14.0. The first-order valence-corrected chi connectivity index (χ1v) is 8.52. The van der Waals surface area contributed by atoms with Crippen LogP contribution in [-0.2, 0) is 6.18 Å². The van der Waals surface area contributed by atoms with Crippen LogP contribution in [0, 0.1) is 0 Å². The van der Waals surface area contributed by atoms with Gasteiger partial charge in [-0.05, 0) is 58.3 Å². The van der Waals surface area contributed by atoms with Crippen molar-refractivity contribution in [3.63, 3.8) is 0 Å². The van der Waals surface area contributed by atoms with Crippen LogP contribution in [0.2, 0.25) is 0 Å². The predicted molar refractivity (Wildman–Crippen MR) is 102 cm³/mol. The van der Waals surface area contributed by atoms with E-state index in [1.54, 1.807) is 12.1 Å². The van der Waals surface area contributed by atoms with E-state index in [1.807, 2.05) is 42.5 Å². The van der Waals surface area contributed by atoms with Crippen LogP contribution in [0.3, 0.4) is 0 Å². The molecule has 5 rings (SSSR count). The summed E-state index contributed by atoms with van der Waals surface area (Å²) in [7, 11) is 0. The molecule has 27 heavy (non-hydrogen) atoms. The third kappa shape index (κ3) is 2.65. The molecule has 0 unspecified atom stereocenters. The second-order valence-electron chi connectivity index (χ2n) is 6.59. The van der Waals surface area contributed by atoms with Crippen molar-refractivity contribution in [1.82, 2.24) is 0 Å². The van der Waals surface area contributed by atoms with E-state index >= 15 is 0 Å². The molecule has 0 bridgehead atoms. The Labute approximate surface area is 152 Å². The number of furan rings is 1. The molecule has 0 aliphatic heterocycles. The number of halogens is 3. The van der Waals surface area contributed by atoms with E-state index in [0.29, 0.717) is 16.7 Å². The first-order chi connectivity index (χ1) is 13.0. The fourth-order valence-electron chi connectivity index (χ4n) is 3.52. The lowest BCUT2D eigenvalue weighted by Crippen LogP contribution is -2.04. The third-order valence-electron chi connectivity index (χ3n) is 4.86. The normalized spacial score (nSPS) is 12.3. The Kier molecular flexibility index (Phi) is 3.31. The third-order valence-corrected chi connectivity index (χ3v) is 4.86. The van der Waals surface area contributed by atoms with Gasteiger partial charge in [-0.15, -0.1) is 0 Å². The Morgan fingerprint density at radius 3 is 2.07 bits per heavy atom. The summed E-state index contributed by atoms with van der Waals surface area (Å²) in [6, 6.07) is 23.0. The van der Waals surface area contributed by atoms with Crippen molar-refractivity contribution in [3.8, 4) is 11.1 Å². The van der Waals surface area contributed by atoms with Gasteiger partial charge in [0.25, 0.3) is 0 Å². The lowest BCUT2D eigenvalue weighted by atomic mass is 10.0. The van der Waals surface area contributed by atoms with Crippen LogP contribution in [0.25, 0.3) is 43.8 Å². The van der Waals surface area contributed by atoms with Gasteiger partial charge in [0.1, 0.15) is 11.2 Å². The van der Waals surface area contributed by atoms with E-state index < -0.39 is 11.7 Å². The lowest BCUT2D eigenvalue weighted by molar-refractivity contribution is -0.137. The molecule has 1 heterocycles. The van der Waals surface area contributed by atoms with Crippen LogP contribution in [0.1, 0.15) is 5.56 Å². The van der Waals surface area contributed by atoms with Gasteiger partial charge in [0.2, 0.25) is 0 Å². The van der Waals surface area contributed by atoms with Gasteiger partial charge in [0.15, 0.2) is 0 Å². The monoisotopic (exact) mass is 362 g/mol. The first kappa shape index (κ1) is 15.9. The second-order valence-corrected chi connectivity index (χ2v) is 6.59. The first-order valence-electron chi connectivity index (χ1n) is 8.52. The summed E-state index contributed by atoms with van der Waals surface area (Å²) in [5.41, 5.74) is 1.98. The molecule has 0 radical (unpaired) electrons. The van der Waals surface area contributed by atoms with E-state index in [4.69, 9.17) is 4.42 Å². The minimum Gasteiger partial charge on any atom is -0.456 e. The Morgan fingerprint density at radius 2 is 1.30 bits per heavy atom. The van der Waals surface area contributed by atoms with Gasteiger partial charge in [-0.3, -0.25) is 0 Å². The topological polar surface area (TPSA) is 13.1 Å². The highest BCUT2D eigenvalue weighted by molar-refractivity contribution is 6.10. The van der Waals surface area contributed by atoms with Gasteiger partial charge >= 0.3 is 6.18 Å². The van der Waals surface area contributed by atoms with E-state index in [9.17, 15) is 13.2 Å². The molecule has 4 heteroatoms. The minimum absolute atomic E-state index is 0.511. The van der Waals surface area contributed by atoms with Crippen LogP contribution < -0.4 is 0 Å². The minimum atomic E-state index is -4.36. The highest BCUT2D eigenvalue weighted by Crippen LogP contribution is 2.36. The molecular weight excluding hydrogens is 349 g/mol. The fraction of sp³-hybridized carbons (Fsp3) is 0.0435. The number of hydrogen-bond acceptors (Lipinski definition) is 1. The summed E-state index contributed by atoms with van der Waals surface area (Å²) in [6.45, 7) is 0. The Balaban J connectivity index is 1.70. The van der Waals surface area contributed by atoms with Gasteiger partial charge in [-0.25, -0.2) is 0 Å². The van der Waals surface area contributed by atoms with E-state index in [1.165, 1.54) is 6.07 Å². The smallest absolute Gasteiger partial charge is 0.416 e. The average molecular weight is 362 g/mol. The van der Waals surface area contributed by atoms with Crippen LogP contribution in [0.15, 0.2) is 83.3 Å². The second kappa shape index (κ2) is 5.61. The summed E-state index contributed by atoms with van der Waals surface area (Å²) in [6.07, 6.45) is -4.36. The molecule has 4 aromatic carbocycles. The number of rotatable bonds is 1. The summed E-state index contributed by atoms with van der Waals surface area (Å²) in [5.74, 6) is 0. The average Bonchev–Trinajstić information content (AvgIpc) is 3.02. The van der Waals surface area contributed by atoms with E-state index in [0.717, 1.165) is 39.3 Å². The molecule has 0 spiro atoms. The molecule has 1 nitrogen and oxygen atoms in total. The van der Waals surface area contributed by atoms with Crippen LogP contribution in [0.4, 0.5) is 13.2 Å². The molecule has 0 N–H and O–H groups in total. The van der Waals surface area contributed by atoms with E-state index in [2.05, 4.69) is 6.07 Å². The molecule has 0 saturated heterocycles. The van der Waals surface area contributed by atoms with Crippen LogP contribution in [-0.4, -0.2) is 0 Å². The molecule has 0 atom stereocenters. The molecule has 132 valence electrons. The van der Waals surface area contributed by atoms with Crippen LogP contribution >= 0.6 is 0 Å². The summed E-state index contributed by atoms with van der Waals surface area (Å²) in [4.78, 5) is 0. The number of hydrogen-bond donors (Lipinski definition) is 0. The van der Waals surface area contributed by atoms with Crippen molar-refractivity contribution in [2.24, 2.45) is 0 Å².